The number of halogens is 2. The van der Waals surface area contributed by atoms with E-state index in [1.165, 1.54) is 0 Å². The van der Waals surface area contributed by atoms with Crippen LogP contribution in [0.3, 0.4) is 0 Å². The molecular formula is C9H10BrFO. The molecule has 1 nitrogen and oxygen atoms in total. The third-order valence-corrected chi connectivity index (χ3v) is 2.28. The van der Waals surface area contributed by atoms with Crippen LogP contribution in [0.15, 0.2) is 16.6 Å². The summed E-state index contributed by atoms with van der Waals surface area (Å²) in [5, 5.41) is 0. The highest BCUT2D eigenvalue weighted by atomic mass is 79.9. The van der Waals surface area contributed by atoms with Gasteiger partial charge in [-0.05, 0) is 41.4 Å². The van der Waals surface area contributed by atoms with Crippen molar-refractivity contribution in [2.24, 2.45) is 0 Å². The first-order valence-corrected chi connectivity index (χ1v) is 4.53. The molecule has 0 unspecified atom stereocenters. The molecule has 0 atom stereocenters. The Morgan fingerprint density at radius 3 is 2.75 bits per heavy atom. The second kappa shape index (κ2) is 3.90. The fourth-order valence-corrected chi connectivity index (χ4v) is 1.45. The first-order valence-electron chi connectivity index (χ1n) is 3.74. The Kier molecular flexibility index (Phi) is 3.09. The number of ether oxygens (including phenoxy) is 1. The van der Waals surface area contributed by atoms with Gasteiger partial charge in [0.2, 0.25) is 0 Å². The average Bonchev–Trinajstić information content (AvgIpc) is 2.07. The third-order valence-electron chi connectivity index (χ3n) is 1.54. The zero-order valence-electron chi connectivity index (χ0n) is 7.03. The number of benzene rings is 1. The zero-order chi connectivity index (χ0) is 9.14. The summed E-state index contributed by atoms with van der Waals surface area (Å²) in [7, 11) is 0. The molecule has 0 saturated carbocycles. The van der Waals surface area contributed by atoms with Crippen molar-refractivity contribution in [1.29, 1.82) is 0 Å². The second-order valence-electron chi connectivity index (χ2n) is 2.44. The monoisotopic (exact) mass is 232 g/mol. The van der Waals surface area contributed by atoms with Crippen LogP contribution in [-0.4, -0.2) is 6.61 Å². The molecule has 0 N–H and O–H groups in total. The van der Waals surface area contributed by atoms with Gasteiger partial charge in [-0.15, -0.1) is 0 Å². The molecular weight excluding hydrogens is 223 g/mol. The quantitative estimate of drug-likeness (QED) is 0.761. The second-order valence-corrected chi connectivity index (χ2v) is 3.23. The summed E-state index contributed by atoms with van der Waals surface area (Å²) in [4.78, 5) is 0. The lowest BCUT2D eigenvalue weighted by molar-refractivity contribution is 0.335. The molecule has 1 aromatic rings. The Balaban J connectivity index is 3.08. The molecule has 0 aromatic heterocycles. The fourth-order valence-electron chi connectivity index (χ4n) is 0.895. The maximum atomic E-state index is 13.2. The average molecular weight is 233 g/mol. The van der Waals surface area contributed by atoms with Gasteiger partial charge in [0, 0.05) is 0 Å². The molecule has 1 rings (SSSR count). The molecule has 0 heterocycles. The molecule has 0 fully saturated rings. The van der Waals surface area contributed by atoms with E-state index in [-0.39, 0.29) is 5.82 Å². The Morgan fingerprint density at radius 1 is 1.50 bits per heavy atom. The smallest absolute Gasteiger partial charge is 0.144 e. The van der Waals surface area contributed by atoms with E-state index < -0.39 is 0 Å². The maximum Gasteiger partial charge on any atom is 0.144 e. The lowest BCUT2D eigenvalue weighted by Crippen LogP contribution is -1.95. The van der Waals surface area contributed by atoms with Gasteiger partial charge in [0.25, 0.3) is 0 Å². The van der Waals surface area contributed by atoms with Gasteiger partial charge >= 0.3 is 0 Å². The molecule has 66 valence electrons. The van der Waals surface area contributed by atoms with E-state index in [1.54, 1.807) is 19.1 Å². The Labute approximate surface area is 79.7 Å². The summed E-state index contributed by atoms with van der Waals surface area (Å²) in [5.41, 5.74) is 0.616. The Bertz CT molecular complexity index is 286. The summed E-state index contributed by atoms with van der Waals surface area (Å²) in [5.74, 6) is 0.307. The van der Waals surface area contributed by atoms with Gasteiger partial charge in [0.1, 0.15) is 11.6 Å². The first-order chi connectivity index (χ1) is 5.66. The highest BCUT2D eigenvalue weighted by molar-refractivity contribution is 9.10. The van der Waals surface area contributed by atoms with E-state index in [0.717, 1.165) is 0 Å². The minimum Gasteiger partial charge on any atom is -0.493 e. The van der Waals surface area contributed by atoms with Crippen molar-refractivity contribution < 1.29 is 9.13 Å². The van der Waals surface area contributed by atoms with Crippen LogP contribution < -0.4 is 4.74 Å². The predicted molar refractivity (Wildman–Crippen MR) is 50.0 cm³/mol. The van der Waals surface area contributed by atoms with Gasteiger partial charge in [-0.25, -0.2) is 4.39 Å². The number of aryl methyl sites for hydroxylation is 1. The van der Waals surface area contributed by atoms with Crippen LogP contribution in [0.25, 0.3) is 0 Å². The number of hydrogen-bond donors (Lipinski definition) is 0. The van der Waals surface area contributed by atoms with Crippen LogP contribution >= 0.6 is 15.9 Å². The van der Waals surface area contributed by atoms with Crippen molar-refractivity contribution >= 4 is 15.9 Å². The van der Waals surface area contributed by atoms with Gasteiger partial charge in [-0.3, -0.25) is 0 Å². The number of hydrogen-bond acceptors (Lipinski definition) is 1. The van der Waals surface area contributed by atoms with Crippen molar-refractivity contribution in [3.63, 3.8) is 0 Å². The third kappa shape index (κ3) is 1.78. The van der Waals surface area contributed by atoms with Gasteiger partial charge in [-0.1, -0.05) is 6.07 Å². The molecule has 0 aliphatic rings. The minimum absolute atomic E-state index is 0.249. The summed E-state index contributed by atoms with van der Waals surface area (Å²) in [6.07, 6.45) is 0. The lowest BCUT2D eigenvalue weighted by atomic mass is 10.2. The van der Waals surface area contributed by atoms with E-state index in [4.69, 9.17) is 4.74 Å². The molecule has 0 amide bonds. The molecule has 12 heavy (non-hydrogen) atoms. The molecule has 0 saturated heterocycles. The van der Waals surface area contributed by atoms with E-state index in [9.17, 15) is 4.39 Å². The normalized spacial score (nSPS) is 10.0. The van der Waals surface area contributed by atoms with Crippen molar-refractivity contribution in [2.75, 3.05) is 6.61 Å². The maximum absolute atomic E-state index is 13.2. The number of rotatable bonds is 2. The van der Waals surface area contributed by atoms with Crippen LogP contribution in [0.1, 0.15) is 12.5 Å². The van der Waals surface area contributed by atoms with Crippen LogP contribution in [0.4, 0.5) is 4.39 Å². The molecule has 0 radical (unpaired) electrons. The summed E-state index contributed by atoms with van der Waals surface area (Å²) >= 11 is 3.13. The summed E-state index contributed by atoms with van der Waals surface area (Å²) < 4.78 is 18.8. The fraction of sp³-hybridized carbons (Fsp3) is 0.333. The molecule has 0 spiro atoms. The SMILES string of the molecule is CCOc1ccc(C)c(F)c1Br. The van der Waals surface area contributed by atoms with Crippen LogP contribution in [0.2, 0.25) is 0 Å². The van der Waals surface area contributed by atoms with Gasteiger partial charge in [0.15, 0.2) is 0 Å². The van der Waals surface area contributed by atoms with Gasteiger partial charge < -0.3 is 4.74 Å². The van der Waals surface area contributed by atoms with Crippen molar-refractivity contribution in [3.8, 4) is 5.75 Å². The lowest BCUT2D eigenvalue weighted by Gasteiger charge is -2.07. The van der Waals surface area contributed by atoms with Gasteiger partial charge in [0.05, 0.1) is 11.1 Å². The highest BCUT2D eigenvalue weighted by Crippen LogP contribution is 2.29. The van der Waals surface area contributed by atoms with E-state index in [0.29, 0.717) is 22.4 Å². The van der Waals surface area contributed by atoms with Gasteiger partial charge in [-0.2, -0.15) is 0 Å². The van der Waals surface area contributed by atoms with Crippen molar-refractivity contribution in [3.05, 3.63) is 28.0 Å². The highest BCUT2D eigenvalue weighted by Gasteiger charge is 2.08. The molecule has 0 bridgehead atoms. The van der Waals surface area contributed by atoms with Crippen LogP contribution in [0.5, 0.6) is 5.75 Å². The Morgan fingerprint density at radius 2 is 2.17 bits per heavy atom. The van der Waals surface area contributed by atoms with E-state index in [2.05, 4.69) is 15.9 Å². The van der Waals surface area contributed by atoms with Crippen molar-refractivity contribution in [2.45, 2.75) is 13.8 Å². The predicted octanol–water partition coefficient (Wildman–Crippen LogP) is 3.30. The Hall–Kier alpha value is -0.570. The molecule has 0 aliphatic carbocycles. The minimum atomic E-state index is -0.249. The summed E-state index contributed by atoms with van der Waals surface area (Å²) in [6, 6.07) is 3.46. The summed E-state index contributed by atoms with van der Waals surface area (Å²) in [6.45, 7) is 4.13. The topological polar surface area (TPSA) is 9.23 Å². The zero-order valence-corrected chi connectivity index (χ0v) is 8.61. The molecule has 0 aliphatic heterocycles. The first kappa shape index (κ1) is 9.52. The van der Waals surface area contributed by atoms with E-state index in [1.807, 2.05) is 6.92 Å². The molecule has 1 aromatic carbocycles. The molecule has 3 heteroatoms. The van der Waals surface area contributed by atoms with Crippen LogP contribution in [0, 0.1) is 12.7 Å². The van der Waals surface area contributed by atoms with E-state index >= 15 is 0 Å². The largest absolute Gasteiger partial charge is 0.493 e. The van der Waals surface area contributed by atoms with Crippen LogP contribution in [-0.2, 0) is 0 Å². The van der Waals surface area contributed by atoms with Crippen molar-refractivity contribution in [1.82, 2.24) is 0 Å². The standard InChI is InChI=1S/C9H10BrFO/c1-3-12-7-5-4-6(2)9(11)8(7)10/h4-5H,3H2,1-2H3.